The smallest absolute Gasteiger partial charge is 0.433 e. The van der Waals surface area contributed by atoms with Crippen molar-refractivity contribution in [2.24, 2.45) is 0 Å². The van der Waals surface area contributed by atoms with Crippen molar-refractivity contribution in [2.75, 3.05) is 4.90 Å². The van der Waals surface area contributed by atoms with Gasteiger partial charge in [-0.3, -0.25) is 19.8 Å². The number of nitro groups is 1. The van der Waals surface area contributed by atoms with Crippen LogP contribution >= 0.6 is 11.3 Å². The number of aromatic nitrogens is 1. The molecule has 0 aliphatic carbocycles. The Hall–Kier alpha value is -3.46. The number of rotatable bonds is 5. The minimum atomic E-state index is -0.683. The second-order valence-electron chi connectivity index (χ2n) is 6.22. The van der Waals surface area contributed by atoms with Gasteiger partial charge >= 0.3 is 5.88 Å². The molecule has 0 bridgehead atoms. The van der Waals surface area contributed by atoms with E-state index in [1.165, 1.54) is 28.6 Å². The first-order chi connectivity index (χ1) is 13.4. The van der Waals surface area contributed by atoms with E-state index in [1.807, 2.05) is 26.0 Å². The van der Waals surface area contributed by atoms with E-state index < -0.39 is 16.7 Å². The Bertz CT molecular complexity index is 1180. The second kappa shape index (κ2) is 6.93. The number of furan rings is 2. The molecule has 0 N–H and O–H groups in total. The molecule has 3 aromatic heterocycles. The monoisotopic (exact) mass is 397 g/mol. The van der Waals surface area contributed by atoms with E-state index in [-0.39, 0.29) is 12.3 Å². The molecule has 0 fully saturated rings. The maximum atomic E-state index is 13.1. The minimum Gasteiger partial charge on any atom is -0.467 e. The van der Waals surface area contributed by atoms with E-state index >= 15 is 0 Å². The molecule has 0 atom stereocenters. The van der Waals surface area contributed by atoms with E-state index in [9.17, 15) is 14.9 Å². The molecule has 3 heterocycles. The molecule has 0 saturated heterocycles. The van der Waals surface area contributed by atoms with Gasteiger partial charge in [0, 0.05) is 0 Å². The topological polar surface area (TPSA) is 103 Å². The highest BCUT2D eigenvalue weighted by molar-refractivity contribution is 7.22. The number of nitrogens with zero attached hydrogens (tertiary/aromatic N) is 3. The zero-order chi connectivity index (χ0) is 19.8. The molecule has 9 heteroatoms. The number of anilines is 1. The Morgan fingerprint density at radius 2 is 2.07 bits per heavy atom. The standard InChI is InChI=1S/C19H15N3O5S/c1-11-5-7-15-17(12(11)2)20-19(28-15)21(10-13-4-3-9-26-13)18(23)14-6-8-16(27-14)22(24)25/h3-9H,10H2,1-2H3. The molecule has 1 aromatic carbocycles. The summed E-state index contributed by atoms with van der Waals surface area (Å²) in [6.07, 6.45) is 1.52. The van der Waals surface area contributed by atoms with Crippen molar-refractivity contribution in [3.05, 3.63) is 75.4 Å². The van der Waals surface area contributed by atoms with Gasteiger partial charge in [-0.1, -0.05) is 17.4 Å². The fourth-order valence-electron chi connectivity index (χ4n) is 2.79. The maximum absolute atomic E-state index is 13.1. The number of amides is 1. The summed E-state index contributed by atoms with van der Waals surface area (Å²) in [6.45, 7) is 4.11. The molecule has 1 amide bonds. The van der Waals surface area contributed by atoms with Gasteiger partial charge in [0.15, 0.2) is 10.9 Å². The van der Waals surface area contributed by atoms with Gasteiger partial charge in [-0.2, -0.15) is 0 Å². The van der Waals surface area contributed by atoms with E-state index in [0.29, 0.717) is 10.9 Å². The lowest BCUT2D eigenvalue weighted by atomic mass is 10.1. The first-order valence-corrected chi connectivity index (χ1v) is 9.21. The van der Waals surface area contributed by atoms with Crippen molar-refractivity contribution in [3.8, 4) is 0 Å². The number of aryl methyl sites for hydroxylation is 2. The average Bonchev–Trinajstić information content (AvgIpc) is 3.42. The molecule has 0 spiro atoms. The Labute approximate surface area is 163 Å². The molecule has 0 radical (unpaired) electrons. The zero-order valence-corrected chi connectivity index (χ0v) is 15.9. The van der Waals surface area contributed by atoms with Crippen LogP contribution in [0, 0.1) is 24.0 Å². The van der Waals surface area contributed by atoms with Crippen molar-refractivity contribution in [3.63, 3.8) is 0 Å². The van der Waals surface area contributed by atoms with Gasteiger partial charge in [-0.25, -0.2) is 4.98 Å². The van der Waals surface area contributed by atoms with E-state index in [4.69, 9.17) is 8.83 Å². The van der Waals surface area contributed by atoms with Gasteiger partial charge in [0.05, 0.1) is 29.1 Å². The molecule has 0 unspecified atom stereocenters. The number of thiazole rings is 1. The van der Waals surface area contributed by atoms with E-state index in [2.05, 4.69) is 4.98 Å². The Morgan fingerprint density at radius 1 is 1.25 bits per heavy atom. The minimum absolute atomic E-state index is 0.123. The lowest BCUT2D eigenvalue weighted by molar-refractivity contribution is -0.402. The van der Waals surface area contributed by atoms with Gasteiger partial charge in [-0.15, -0.1) is 0 Å². The maximum Gasteiger partial charge on any atom is 0.433 e. The van der Waals surface area contributed by atoms with Crippen LogP contribution in [0.2, 0.25) is 0 Å². The molecule has 0 aliphatic heterocycles. The van der Waals surface area contributed by atoms with Crippen molar-refractivity contribution < 1.29 is 18.6 Å². The molecule has 142 valence electrons. The van der Waals surface area contributed by atoms with E-state index in [0.717, 1.165) is 27.4 Å². The molecule has 8 nitrogen and oxygen atoms in total. The molecular formula is C19H15N3O5S. The average molecular weight is 397 g/mol. The normalized spacial score (nSPS) is 11.1. The van der Waals surface area contributed by atoms with Crippen molar-refractivity contribution in [2.45, 2.75) is 20.4 Å². The third-order valence-corrected chi connectivity index (χ3v) is 5.47. The SMILES string of the molecule is Cc1ccc2sc(N(Cc3ccco3)C(=O)c3ccc([N+](=O)[O-])o3)nc2c1C. The fraction of sp³-hybridized carbons (Fsp3) is 0.158. The predicted molar refractivity (Wildman–Crippen MR) is 104 cm³/mol. The van der Waals surface area contributed by atoms with Crippen molar-refractivity contribution in [1.29, 1.82) is 0 Å². The summed E-state index contributed by atoms with van der Waals surface area (Å²) in [4.78, 5) is 29.3. The highest BCUT2D eigenvalue weighted by Crippen LogP contribution is 2.33. The third-order valence-electron chi connectivity index (χ3n) is 4.43. The summed E-state index contributed by atoms with van der Waals surface area (Å²) in [6, 6.07) is 9.89. The third kappa shape index (κ3) is 3.16. The van der Waals surface area contributed by atoms with Crippen LogP contribution in [0.5, 0.6) is 0 Å². The van der Waals surface area contributed by atoms with Crippen LogP contribution in [0.15, 0.2) is 51.5 Å². The second-order valence-corrected chi connectivity index (χ2v) is 7.23. The number of carbonyl (C=O) groups is 1. The molecule has 28 heavy (non-hydrogen) atoms. The number of benzene rings is 1. The highest BCUT2D eigenvalue weighted by Gasteiger charge is 2.27. The Kier molecular flexibility index (Phi) is 4.44. The number of carbonyl (C=O) groups excluding carboxylic acids is 1. The largest absolute Gasteiger partial charge is 0.467 e. The molecule has 0 aliphatic rings. The van der Waals surface area contributed by atoms with Crippen LogP contribution in [-0.2, 0) is 6.54 Å². The summed E-state index contributed by atoms with van der Waals surface area (Å²) in [5.41, 5.74) is 2.97. The zero-order valence-electron chi connectivity index (χ0n) is 15.0. The highest BCUT2D eigenvalue weighted by atomic mass is 32.1. The summed E-state index contributed by atoms with van der Waals surface area (Å²) in [7, 11) is 0. The Balaban J connectivity index is 1.78. The van der Waals surface area contributed by atoms with Crippen LogP contribution < -0.4 is 4.90 Å². The number of hydrogen-bond acceptors (Lipinski definition) is 7. The van der Waals surface area contributed by atoms with Gasteiger partial charge in [0.25, 0.3) is 5.91 Å². The molecule has 4 aromatic rings. The lowest BCUT2D eigenvalue weighted by Gasteiger charge is -2.17. The number of hydrogen-bond donors (Lipinski definition) is 0. The lowest BCUT2D eigenvalue weighted by Crippen LogP contribution is -2.29. The quantitative estimate of drug-likeness (QED) is 0.352. The predicted octanol–water partition coefficient (Wildman–Crippen LogP) is 4.85. The fourth-order valence-corrected chi connectivity index (χ4v) is 3.81. The Morgan fingerprint density at radius 3 is 2.75 bits per heavy atom. The van der Waals surface area contributed by atoms with Gasteiger partial charge in [-0.05, 0) is 49.2 Å². The summed E-state index contributed by atoms with van der Waals surface area (Å²) in [5.74, 6) is -0.595. The van der Waals surface area contributed by atoms with Gasteiger partial charge < -0.3 is 8.83 Å². The van der Waals surface area contributed by atoms with E-state index in [1.54, 1.807) is 12.1 Å². The number of fused-ring (bicyclic) bond motifs is 1. The van der Waals surface area contributed by atoms with Crippen molar-refractivity contribution in [1.82, 2.24) is 4.98 Å². The van der Waals surface area contributed by atoms with Crippen LogP contribution in [0.4, 0.5) is 11.0 Å². The summed E-state index contributed by atoms with van der Waals surface area (Å²) in [5, 5.41) is 11.3. The van der Waals surface area contributed by atoms with Gasteiger partial charge in [0.1, 0.15) is 10.7 Å². The van der Waals surface area contributed by atoms with Crippen LogP contribution in [0.25, 0.3) is 10.2 Å². The van der Waals surface area contributed by atoms with Crippen molar-refractivity contribution >= 4 is 38.5 Å². The molecule has 4 rings (SSSR count). The molecule has 0 saturated carbocycles. The van der Waals surface area contributed by atoms with Crippen LogP contribution in [-0.4, -0.2) is 15.8 Å². The first-order valence-electron chi connectivity index (χ1n) is 8.39. The molecular weight excluding hydrogens is 382 g/mol. The van der Waals surface area contributed by atoms with Gasteiger partial charge in [0.2, 0.25) is 0 Å². The summed E-state index contributed by atoms with van der Waals surface area (Å²) < 4.78 is 11.4. The van der Waals surface area contributed by atoms with Crippen LogP contribution in [0.3, 0.4) is 0 Å². The summed E-state index contributed by atoms with van der Waals surface area (Å²) >= 11 is 1.36. The van der Waals surface area contributed by atoms with Crippen LogP contribution in [0.1, 0.15) is 27.4 Å². The first kappa shape index (κ1) is 17.9.